The number of benzene rings is 2. The molecule has 0 saturated carbocycles. The zero-order valence-corrected chi connectivity index (χ0v) is 17.2. The number of ether oxygens (including phenoxy) is 2. The topological polar surface area (TPSA) is 57.1 Å². The van der Waals surface area contributed by atoms with Gasteiger partial charge in [0.15, 0.2) is 6.10 Å². The van der Waals surface area contributed by atoms with Gasteiger partial charge < -0.3 is 14.3 Å². The minimum Gasteiger partial charge on any atom is -0.464 e. The van der Waals surface area contributed by atoms with Crippen LogP contribution in [0.15, 0.2) is 59.8 Å². The second-order valence-corrected chi connectivity index (χ2v) is 7.09. The van der Waals surface area contributed by atoms with Crippen LogP contribution >= 0.6 is 0 Å². The Morgan fingerprint density at radius 3 is 2.66 bits per heavy atom. The van der Waals surface area contributed by atoms with Crippen LogP contribution in [0.3, 0.4) is 0 Å². The van der Waals surface area contributed by atoms with Crippen molar-refractivity contribution in [2.24, 2.45) is 5.16 Å². The molecule has 3 rings (SSSR count). The Morgan fingerprint density at radius 1 is 1.10 bits per heavy atom. The zero-order valence-electron chi connectivity index (χ0n) is 17.2. The lowest BCUT2D eigenvalue weighted by Crippen LogP contribution is -2.29. The molecule has 2 aromatic carbocycles. The van der Waals surface area contributed by atoms with Crippen molar-refractivity contribution < 1.29 is 19.1 Å². The Bertz CT molecular complexity index is 819. The van der Waals surface area contributed by atoms with Crippen LogP contribution in [0.1, 0.15) is 43.4 Å². The molecule has 5 heteroatoms. The van der Waals surface area contributed by atoms with Crippen LogP contribution in [0.2, 0.25) is 0 Å². The van der Waals surface area contributed by atoms with Gasteiger partial charge in [-0.1, -0.05) is 53.7 Å². The average Bonchev–Trinajstić information content (AvgIpc) is 3.22. The van der Waals surface area contributed by atoms with Gasteiger partial charge in [-0.15, -0.1) is 0 Å². The van der Waals surface area contributed by atoms with Gasteiger partial charge >= 0.3 is 5.97 Å². The van der Waals surface area contributed by atoms with E-state index >= 15 is 0 Å². The molecule has 0 saturated heterocycles. The molecule has 0 amide bonds. The highest BCUT2D eigenvalue weighted by molar-refractivity contribution is 6.01. The Hall–Kier alpha value is -2.66. The first-order valence-electron chi connectivity index (χ1n) is 10.3. The number of rotatable bonds is 10. The number of hydrogen-bond acceptors (Lipinski definition) is 5. The van der Waals surface area contributed by atoms with Crippen LogP contribution in [-0.4, -0.2) is 37.1 Å². The van der Waals surface area contributed by atoms with E-state index in [-0.39, 0.29) is 12.1 Å². The minimum atomic E-state index is -0.587. The van der Waals surface area contributed by atoms with Gasteiger partial charge in [-0.2, -0.15) is 0 Å². The molecular formula is C24H29NO4. The number of carbonyl (C=O) groups excluding carboxylic acids is 1. The van der Waals surface area contributed by atoms with Gasteiger partial charge in [0.25, 0.3) is 0 Å². The van der Waals surface area contributed by atoms with E-state index in [0.29, 0.717) is 19.6 Å². The van der Waals surface area contributed by atoms with Gasteiger partial charge in [-0.25, -0.2) is 4.79 Å². The molecule has 0 radical (unpaired) electrons. The molecule has 2 atom stereocenters. The second-order valence-electron chi connectivity index (χ2n) is 7.09. The summed E-state index contributed by atoms with van der Waals surface area (Å²) in [5, 5.41) is 4.31. The molecule has 0 spiro atoms. The fraction of sp³-hybridized carbons (Fsp3) is 0.417. The summed E-state index contributed by atoms with van der Waals surface area (Å²) in [6.45, 7) is 4.49. The van der Waals surface area contributed by atoms with Gasteiger partial charge in [0.05, 0.1) is 12.3 Å². The maximum Gasteiger partial charge on any atom is 0.335 e. The number of aryl methyl sites for hydroxylation is 1. The third kappa shape index (κ3) is 6.16. The van der Waals surface area contributed by atoms with Crippen LogP contribution in [-0.2, 0) is 31.9 Å². The average molecular weight is 395 g/mol. The molecule has 1 heterocycles. The highest BCUT2D eigenvalue weighted by Crippen LogP contribution is 2.22. The largest absolute Gasteiger partial charge is 0.464 e. The van der Waals surface area contributed by atoms with Crippen LogP contribution < -0.4 is 0 Å². The summed E-state index contributed by atoms with van der Waals surface area (Å²) < 4.78 is 10.7. The quantitative estimate of drug-likeness (QED) is 0.562. The van der Waals surface area contributed by atoms with Crippen molar-refractivity contribution in [1.29, 1.82) is 0 Å². The summed E-state index contributed by atoms with van der Waals surface area (Å²) in [5.41, 5.74) is 4.31. The number of hydrogen-bond donors (Lipinski definition) is 0. The number of oxime groups is 1. The van der Waals surface area contributed by atoms with Crippen molar-refractivity contribution in [2.75, 3.05) is 13.2 Å². The predicted molar refractivity (Wildman–Crippen MR) is 113 cm³/mol. The van der Waals surface area contributed by atoms with E-state index < -0.39 is 6.10 Å². The lowest BCUT2D eigenvalue weighted by Gasteiger charge is -2.16. The minimum absolute atomic E-state index is 0.101. The highest BCUT2D eigenvalue weighted by atomic mass is 16.6. The Balaban J connectivity index is 1.58. The van der Waals surface area contributed by atoms with Crippen molar-refractivity contribution in [3.63, 3.8) is 0 Å². The first-order valence-corrected chi connectivity index (χ1v) is 10.3. The van der Waals surface area contributed by atoms with Gasteiger partial charge in [-0.3, -0.25) is 0 Å². The normalized spacial score (nSPS) is 16.8. The molecule has 2 unspecified atom stereocenters. The predicted octanol–water partition coefficient (Wildman–Crippen LogP) is 4.32. The van der Waals surface area contributed by atoms with E-state index in [1.54, 1.807) is 6.92 Å². The Morgan fingerprint density at radius 2 is 1.90 bits per heavy atom. The summed E-state index contributed by atoms with van der Waals surface area (Å²) in [5.74, 6) is -0.317. The molecule has 154 valence electrons. The molecule has 0 aromatic heterocycles. The van der Waals surface area contributed by atoms with Crippen molar-refractivity contribution in [1.82, 2.24) is 0 Å². The van der Waals surface area contributed by atoms with Crippen LogP contribution in [0.25, 0.3) is 0 Å². The van der Waals surface area contributed by atoms with Crippen molar-refractivity contribution >= 4 is 11.7 Å². The first-order chi connectivity index (χ1) is 14.2. The summed E-state index contributed by atoms with van der Waals surface area (Å²) >= 11 is 0. The third-order valence-corrected chi connectivity index (χ3v) is 4.93. The molecule has 1 aliphatic heterocycles. The SMILES string of the molecule is CCOC(=O)C(Cc1cccc(C2=NOC(CCc3ccccc3)C2)c1)OCC. The maximum absolute atomic E-state index is 12.1. The van der Waals surface area contributed by atoms with Crippen molar-refractivity contribution in [3.05, 3.63) is 71.3 Å². The maximum atomic E-state index is 12.1. The van der Waals surface area contributed by atoms with Crippen molar-refractivity contribution in [3.8, 4) is 0 Å². The van der Waals surface area contributed by atoms with Gasteiger partial charge in [0.2, 0.25) is 0 Å². The van der Waals surface area contributed by atoms with E-state index in [4.69, 9.17) is 14.3 Å². The standard InChI is InChI=1S/C24H29NO4/c1-3-27-23(24(26)28-4-2)16-19-11-8-12-20(15-19)22-17-21(29-25-22)14-13-18-9-6-5-7-10-18/h5-12,15,21,23H,3-4,13-14,16-17H2,1-2H3. The molecular weight excluding hydrogens is 366 g/mol. The molecule has 0 bridgehead atoms. The molecule has 0 fully saturated rings. The third-order valence-electron chi connectivity index (χ3n) is 4.93. The molecule has 1 aliphatic rings. The molecule has 5 nitrogen and oxygen atoms in total. The lowest BCUT2D eigenvalue weighted by molar-refractivity contribution is -0.156. The van der Waals surface area contributed by atoms with E-state index in [9.17, 15) is 4.79 Å². The lowest BCUT2D eigenvalue weighted by atomic mass is 9.98. The van der Waals surface area contributed by atoms with Gasteiger partial charge in [0.1, 0.15) is 6.10 Å². The molecule has 0 aliphatic carbocycles. The highest BCUT2D eigenvalue weighted by Gasteiger charge is 2.24. The first kappa shape index (κ1) is 21.1. The van der Waals surface area contributed by atoms with Gasteiger partial charge in [0, 0.05) is 19.4 Å². The van der Waals surface area contributed by atoms with E-state index in [1.165, 1.54) is 5.56 Å². The Labute approximate surface area is 172 Å². The van der Waals surface area contributed by atoms with Crippen LogP contribution in [0.5, 0.6) is 0 Å². The number of esters is 1. The molecule has 29 heavy (non-hydrogen) atoms. The zero-order chi connectivity index (χ0) is 20.5. The number of carbonyl (C=O) groups is 1. The number of nitrogens with zero attached hydrogens (tertiary/aromatic N) is 1. The monoisotopic (exact) mass is 395 g/mol. The fourth-order valence-electron chi connectivity index (χ4n) is 3.46. The summed E-state index contributed by atoms with van der Waals surface area (Å²) in [7, 11) is 0. The fourth-order valence-corrected chi connectivity index (χ4v) is 3.46. The molecule has 2 aromatic rings. The molecule has 0 N–H and O–H groups in total. The van der Waals surface area contributed by atoms with E-state index in [2.05, 4.69) is 35.5 Å². The van der Waals surface area contributed by atoms with E-state index in [1.807, 2.05) is 31.2 Å². The van der Waals surface area contributed by atoms with Crippen LogP contribution in [0.4, 0.5) is 0 Å². The Kier molecular flexibility index (Phi) is 7.82. The summed E-state index contributed by atoms with van der Waals surface area (Å²) in [4.78, 5) is 17.8. The van der Waals surface area contributed by atoms with E-state index in [0.717, 1.165) is 36.1 Å². The van der Waals surface area contributed by atoms with Gasteiger partial charge in [-0.05, 0) is 49.4 Å². The smallest absolute Gasteiger partial charge is 0.335 e. The second kappa shape index (κ2) is 10.8. The van der Waals surface area contributed by atoms with Crippen molar-refractivity contribution in [2.45, 2.75) is 51.7 Å². The summed E-state index contributed by atoms with van der Waals surface area (Å²) in [6, 6.07) is 18.5. The summed E-state index contributed by atoms with van der Waals surface area (Å²) in [6.07, 6.45) is 2.70. The van der Waals surface area contributed by atoms with Crippen LogP contribution in [0, 0.1) is 0 Å².